The number of phenols is 1. The molecule has 1 saturated carbocycles. The van der Waals surface area contributed by atoms with Crippen molar-refractivity contribution in [3.63, 3.8) is 0 Å². The molecule has 0 radical (unpaired) electrons. The third-order valence-electron chi connectivity index (χ3n) is 9.53. The van der Waals surface area contributed by atoms with Gasteiger partial charge in [0.25, 0.3) is 0 Å². The number of fused-ring (bicyclic) bond motifs is 4. The predicted octanol–water partition coefficient (Wildman–Crippen LogP) is 4.57. The number of rotatable bonds is 5. The fourth-order valence-electron chi connectivity index (χ4n) is 7.65. The van der Waals surface area contributed by atoms with E-state index in [-0.39, 0.29) is 43.1 Å². The molecule has 3 aromatic carbocycles. The molecule has 2 aliphatic carbocycles. The Kier molecular flexibility index (Phi) is 6.30. The summed E-state index contributed by atoms with van der Waals surface area (Å²) < 4.78 is 14.7. The molecule has 0 spiro atoms. The van der Waals surface area contributed by atoms with Crippen molar-refractivity contribution < 1.29 is 28.7 Å². The van der Waals surface area contributed by atoms with Crippen LogP contribution in [0.25, 0.3) is 0 Å². The molecule has 7 rings (SSSR count). The van der Waals surface area contributed by atoms with Gasteiger partial charge in [-0.25, -0.2) is 4.39 Å². The fourth-order valence-corrected chi connectivity index (χ4v) is 7.65. The number of carbonyl (C=O) groups excluding carboxylic acids is 4. The zero-order valence-corrected chi connectivity index (χ0v) is 22.7. The van der Waals surface area contributed by atoms with Gasteiger partial charge in [0.15, 0.2) is 11.6 Å². The molecule has 4 amide bonds. The molecule has 1 N–H and O–H groups in total. The summed E-state index contributed by atoms with van der Waals surface area (Å²) in [6, 6.07) is 22.7. The summed E-state index contributed by atoms with van der Waals surface area (Å²) in [5.74, 6) is -6.24. The number of phenolic OH excluding ortho intramolecular Hbond substituents is 1. The highest BCUT2D eigenvalue weighted by Crippen LogP contribution is 2.58. The summed E-state index contributed by atoms with van der Waals surface area (Å²) in [4.78, 5) is 57.9. The molecule has 2 saturated heterocycles. The maximum absolute atomic E-state index is 14.7. The summed E-state index contributed by atoms with van der Waals surface area (Å²) in [5.41, 5.74) is 2.93. The summed E-state index contributed by atoms with van der Waals surface area (Å²) in [5, 5.41) is 9.89. The Morgan fingerprint density at radius 3 is 1.86 bits per heavy atom. The highest BCUT2D eigenvalue weighted by atomic mass is 19.1. The van der Waals surface area contributed by atoms with Crippen LogP contribution in [0.15, 0.2) is 90.5 Å². The molecule has 2 heterocycles. The normalized spacial score (nSPS) is 28.5. The number of likely N-dealkylation sites (tertiary alicyclic amines) is 2. The van der Waals surface area contributed by atoms with Crippen molar-refractivity contribution in [2.45, 2.75) is 31.8 Å². The molecule has 0 bridgehead atoms. The van der Waals surface area contributed by atoms with Crippen molar-refractivity contribution in [2.24, 2.45) is 29.6 Å². The molecule has 7 nitrogen and oxygen atoms in total. The van der Waals surface area contributed by atoms with Gasteiger partial charge in [0.05, 0.1) is 36.8 Å². The molecular weight excluding hydrogens is 535 g/mol. The average molecular weight is 565 g/mol. The van der Waals surface area contributed by atoms with Crippen LogP contribution >= 0.6 is 0 Å². The van der Waals surface area contributed by atoms with Gasteiger partial charge in [-0.3, -0.25) is 29.0 Å². The van der Waals surface area contributed by atoms with E-state index in [1.165, 1.54) is 21.9 Å². The van der Waals surface area contributed by atoms with Gasteiger partial charge in [0, 0.05) is 5.92 Å². The molecule has 0 aromatic heterocycles. The van der Waals surface area contributed by atoms with E-state index in [4.69, 9.17) is 0 Å². The van der Waals surface area contributed by atoms with E-state index in [0.717, 1.165) is 16.7 Å². The lowest BCUT2D eigenvalue weighted by atomic mass is 9.57. The number of carbonyl (C=O) groups is 4. The van der Waals surface area contributed by atoms with E-state index in [0.29, 0.717) is 12.0 Å². The van der Waals surface area contributed by atoms with Crippen LogP contribution in [0.1, 0.15) is 35.4 Å². The number of halogens is 1. The Bertz CT molecular complexity index is 1640. The van der Waals surface area contributed by atoms with E-state index >= 15 is 0 Å². The molecule has 8 heteroatoms. The largest absolute Gasteiger partial charge is 0.505 e. The van der Waals surface area contributed by atoms with Crippen LogP contribution in [-0.4, -0.2) is 38.5 Å². The second-order valence-electron chi connectivity index (χ2n) is 11.7. The number of nitrogens with zero attached hydrogens (tertiary/aromatic N) is 2. The lowest BCUT2D eigenvalue weighted by Gasteiger charge is -2.44. The molecule has 42 heavy (non-hydrogen) atoms. The lowest BCUT2D eigenvalue weighted by Crippen LogP contribution is -2.43. The van der Waals surface area contributed by atoms with Crippen LogP contribution in [0, 0.1) is 35.4 Å². The zero-order valence-electron chi connectivity index (χ0n) is 22.7. The van der Waals surface area contributed by atoms with Crippen molar-refractivity contribution in [1.29, 1.82) is 0 Å². The summed E-state index contributed by atoms with van der Waals surface area (Å²) in [7, 11) is 0. The van der Waals surface area contributed by atoms with Crippen LogP contribution in [0.4, 0.5) is 4.39 Å². The van der Waals surface area contributed by atoms with Crippen molar-refractivity contribution >= 4 is 23.6 Å². The molecule has 4 aliphatic rings. The molecule has 212 valence electrons. The Hall–Kier alpha value is -4.59. The third-order valence-corrected chi connectivity index (χ3v) is 9.53. The highest BCUT2D eigenvalue weighted by molar-refractivity contribution is 6.08. The maximum Gasteiger partial charge on any atom is 0.234 e. The molecule has 3 aromatic rings. The van der Waals surface area contributed by atoms with E-state index in [9.17, 15) is 28.7 Å². The molecule has 6 atom stereocenters. The predicted molar refractivity (Wildman–Crippen MR) is 150 cm³/mol. The van der Waals surface area contributed by atoms with Crippen molar-refractivity contribution in [3.05, 3.63) is 113 Å². The SMILES string of the molecule is O=C1C2CC=C3C(CC4C(=O)N(Cc5ccccc5)C(=O)C4C3c3ccc(O)c(F)c3)C2C(=O)N1Cc1ccccc1. The van der Waals surface area contributed by atoms with Crippen LogP contribution in [-0.2, 0) is 32.3 Å². The first-order valence-electron chi connectivity index (χ1n) is 14.3. The van der Waals surface area contributed by atoms with Crippen LogP contribution < -0.4 is 0 Å². The van der Waals surface area contributed by atoms with Gasteiger partial charge in [-0.15, -0.1) is 0 Å². The second kappa shape index (κ2) is 10.0. The summed E-state index contributed by atoms with van der Waals surface area (Å²) in [6.45, 7) is 0.300. The monoisotopic (exact) mass is 564 g/mol. The van der Waals surface area contributed by atoms with Gasteiger partial charge in [-0.05, 0) is 47.6 Å². The number of hydrogen-bond acceptors (Lipinski definition) is 5. The smallest absolute Gasteiger partial charge is 0.234 e. The highest BCUT2D eigenvalue weighted by Gasteiger charge is 2.61. The zero-order chi connectivity index (χ0) is 29.1. The van der Waals surface area contributed by atoms with E-state index < -0.39 is 47.1 Å². The second-order valence-corrected chi connectivity index (χ2v) is 11.7. The first-order chi connectivity index (χ1) is 20.3. The third kappa shape index (κ3) is 4.08. The standard InChI is InChI=1S/C34H29FN2O5/c35-26-15-21(11-14-27(26)38)28-22-12-13-23-29(33(41)36(31(23)39)17-19-7-3-1-4-8-19)24(22)16-25-30(28)34(42)37(32(25)40)18-20-9-5-2-6-10-20/h1-12,14-15,23-25,28-30,38H,13,16-18H2. The van der Waals surface area contributed by atoms with Crippen molar-refractivity contribution in [2.75, 3.05) is 0 Å². The van der Waals surface area contributed by atoms with Gasteiger partial charge in [0.2, 0.25) is 23.6 Å². The topological polar surface area (TPSA) is 95.0 Å². The number of aromatic hydroxyl groups is 1. The van der Waals surface area contributed by atoms with Crippen LogP contribution in [0.5, 0.6) is 5.75 Å². The number of hydrogen-bond donors (Lipinski definition) is 1. The Balaban J connectivity index is 1.28. The van der Waals surface area contributed by atoms with Gasteiger partial charge >= 0.3 is 0 Å². The number of imide groups is 2. The average Bonchev–Trinajstić information content (AvgIpc) is 3.38. The Morgan fingerprint density at radius 1 is 0.690 bits per heavy atom. The quantitative estimate of drug-likeness (QED) is 0.362. The molecule has 3 fully saturated rings. The lowest BCUT2D eigenvalue weighted by molar-refractivity contribution is -0.142. The number of allylic oxidation sites excluding steroid dienone is 2. The first kappa shape index (κ1) is 26.3. The van der Waals surface area contributed by atoms with Gasteiger partial charge in [-0.1, -0.05) is 78.4 Å². The van der Waals surface area contributed by atoms with Crippen molar-refractivity contribution in [1.82, 2.24) is 9.80 Å². The first-order valence-corrected chi connectivity index (χ1v) is 14.3. The minimum Gasteiger partial charge on any atom is -0.505 e. The summed E-state index contributed by atoms with van der Waals surface area (Å²) in [6.07, 6.45) is 2.53. The van der Waals surface area contributed by atoms with E-state index in [1.54, 1.807) is 6.07 Å². The van der Waals surface area contributed by atoms with Gasteiger partial charge < -0.3 is 5.11 Å². The molecular formula is C34H29FN2O5. The number of amides is 4. The maximum atomic E-state index is 14.7. The van der Waals surface area contributed by atoms with Gasteiger partial charge in [-0.2, -0.15) is 0 Å². The Labute approximate surface area is 242 Å². The number of benzene rings is 3. The van der Waals surface area contributed by atoms with Crippen LogP contribution in [0.2, 0.25) is 0 Å². The minimum atomic E-state index is -0.820. The molecule has 6 unspecified atom stereocenters. The summed E-state index contributed by atoms with van der Waals surface area (Å²) >= 11 is 0. The van der Waals surface area contributed by atoms with E-state index in [2.05, 4.69) is 0 Å². The van der Waals surface area contributed by atoms with Crippen LogP contribution in [0.3, 0.4) is 0 Å². The minimum absolute atomic E-state index is 0.125. The Morgan fingerprint density at radius 2 is 1.26 bits per heavy atom. The molecule has 2 aliphatic heterocycles. The van der Waals surface area contributed by atoms with Gasteiger partial charge in [0.1, 0.15) is 0 Å². The fraction of sp³-hybridized carbons (Fsp3) is 0.294. The van der Waals surface area contributed by atoms with E-state index in [1.807, 2.05) is 66.7 Å². The van der Waals surface area contributed by atoms with Crippen molar-refractivity contribution in [3.8, 4) is 5.75 Å².